The third-order valence-corrected chi connectivity index (χ3v) is 4.85. The lowest BCUT2D eigenvalue weighted by Gasteiger charge is -2.11. The van der Waals surface area contributed by atoms with E-state index >= 15 is 0 Å². The molecule has 0 fully saturated rings. The van der Waals surface area contributed by atoms with Crippen LogP contribution in [0.1, 0.15) is 28.2 Å². The summed E-state index contributed by atoms with van der Waals surface area (Å²) in [4.78, 5) is 15.9. The maximum atomic E-state index is 11.6. The predicted octanol–water partition coefficient (Wildman–Crippen LogP) is 3.72. The van der Waals surface area contributed by atoms with E-state index in [0.717, 1.165) is 5.56 Å². The fourth-order valence-corrected chi connectivity index (χ4v) is 3.48. The highest BCUT2D eigenvalue weighted by atomic mass is 35.5. The zero-order valence-corrected chi connectivity index (χ0v) is 14.8. The molecule has 5 nitrogen and oxygen atoms in total. The largest absolute Gasteiger partial charge is 0.477 e. The third-order valence-electron chi connectivity index (χ3n) is 3.18. The van der Waals surface area contributed by atoms with Crippen LogP contribution in [0.15, 0.2) is 23.4 Å². The number of aliphatic hydroxyl groups is 1. The molecular weight excluding hydrogens is 359 g/mol. The Labute approximate surface area is 148 Å². The van der Waals surface area contributed by atoms with Crippen molar-refractivity contribution < 1.29 is 15.0 Å². The Bertz CT molecular complexity index is 719. The fraction of sp³-hybridized carbons (Fsp3) is 0.333. The van der Waals surface area contributed by atoms with Gasteiger partial charge in [0.05, 0.1) is 12.2 Å². The first-order valence-electron chi connectivity index (χ1n) is 6.92. The summed E-state index contributed by atoms with van der Waals surface area (Å²) >= 11 is 13.6. The van der Waals surface area contributed by atoms with Crippen LogP contribution in [-0.2, 0) is 6.54 Å². The number of nitrogens with zero attached hydrogens (tertiary/aromatic N) is 2. The van der Waals surface area contributed by atoms with Crippen molar-refractivity contribution in [2.45, 2.75) is 25.0 Å². The summed E-state index contributed by atoms with van der Waals surface area (Å²) in [6.07, 6.45) is 0.608. The molecule has 0 atom stereocenters. The lowest BCUT2D eigenvalue weighted by atomic mass is 10.2. The first-order chi connectivity index (χ1) is 10.9. The molecule has 124 valence electrons. The van der Waals surface area contributed by atoms with E-state index in [2.05, 4.69) is 4.98 Å². The minimum Gasteiger partial charge on any atom is -0.477 e. The Morgan fingerprint density at radius 1 is 1.39 bits per heavy atom. The van der Waals surface area contributed by atoms with Crippen molar-refractivity contribution >= 4 is 40.9 Å². The lowest BCUT2D eigenvalue weighted by Crippen LogP contribution is -2.12. The number of hydrogen-bond acceptors (Lipinski definition) is 4. The quantitative estimate of drug-likeness (QED) is 0.570. The zero-order valence-electron chi connectivity index (χ0n) is 12.4. The second-order valence-corrected chi connectivity index (χ2v) is 6.79. The minimum absolute atomic E-state index is 0.0819. The molecule has 0 unspecified atom stereocenters. The van der Waals surface area contributed by atoms with E-state index in [9.17, 15) is 9.90 Å². The maximum Gasteiger partial charge on any atom is 0.354 e. The molecule has 2 N–H and O–H groups in total. The van der Waals surface area contributed by atoms with Crippen molar-refractivity contribution in [2.24, 2.45) is 0 Å². The highest BCUT2D eigenvalue weighted by Gasteiger charge is 2.21. The molecule has 0 aliphatic carbocycles. The summed E-state index contributed by atoms with van der Waals surface area (Å²) in [5.41, 5.74) is 1.30. The second-order valence-electron chi connectivity index (χ2n) is 4.88. The van der Waals surface area contributed by atoms with Gasteiger partial charge in [-0.15, -0.1) is 0 Å². The molecule has 1 heterocycles. The molecule has 0 radical (unpaired) electrons. The average Bonchev–Trinajstić information content (AvgIpc) is 2.79. The van der Waals surface area contributed by atoms with Crippen molar-refractivity contribution in [3.63, 3.8) is 0 Å². The van der Waals surface area contributed by atoms with E-state index < -0.39 is 5.97 Å². The summed E-state index contributed by atoms with van der Waals surface area (Å²) in [6, 6.07) is 5.08. The van der Waals surface area contributed by atoms with E-state index in [1.165, 1.54) is 11.8 Å². The van der Waals surface area contributed by atoms with Crippen molar-refractivity contribution in [2.75, 3.05) is 12.4 Å². The van der Waals surface area contributed by atoms with Crippen LogP contribution in [0.25, 0.3) is 0 Å². The molecular formula is C15H16Cl2N2O3S. The summed E-state index contributed by atoms with van der Waals surface area (Å²) in [7, 11) is 0. The number of hydrogen-bond donors (Lipinski definition) is 2. The van der Waals surface area contributed by atoms with Gasteiger partial charge in [-0.1, -0.05) is 35.0 Å². The number of rotatable bonds is 7. The van der Waals surface area contributed by atoms with Gasteiger partial charge < -0.3 is 14.8 Å². The van der Waals surface area contributed by atoms with Crippen molar-refractivity contribution in [3.05, 3.63) is 45.2 Å². The highest BCUT2D eigenvalue weighted by Crippen LogP contribution is 2.27. The van der Waals surface area contributed by atoms with E-state index in [1.807, 2.05) is 0 Å². The van der Waals surface area contributed by atoms with Gasteiger partial charge >= 0.3 is 5.97 Å². The SMILES string of the molecule is Cc1nc(SCCCO)n(Cc2cc(Cl)ccc2Cl)c1C(=O)O. The number of imidazole rings is 1. The van der Waals surface area contributed by atoms with Crippen LogP contribution in [-0.4, -0.2) is 38.1 Å². The number of carbonyl (C=O) groups is 1. The summed E-state index contributed by atoms with van der Waals surface area (Å²) < 4.78 is 1.62. The smallest absolute Gasteiger partial charge is 0.354 e. The van der Waals surface area contributed by atoms with Gasteiger partial charge in [-0.3, -0.25) is 0 Å². The zero-order chi connectivity index (χ0) is 17.0. The van der Waals surface area contributed by atoms with Gasteiger partial charge in [-0.25, -0.2) is 9.78 Å². The molecule has 0 amide bonds. The van der Waals surface area contributed by atoms with Crippen LogP contribution < -0.4 is 0 Å². The standard InChI is InChI=1S/C15H16Cl2N2O3S/c1-9-13(14(21)22)19(15(18-9)23-6-2-5-20)8-10-7-11(16)3-4-12(10)17/h3-4,7,20H,2,5-6,8H2,1H3,(H,21,22). The predicted molar refractivity (Wildman–Crippen MR) is 91.9 cm³/mol. The number of carboxylic acid groups (broad SMARTS) is 1. The summed E-state index contributed by atoms with van der Waals surface area (Å²) in [5.74, 6) is -0.392. The summed E-state index contributed by atoms with van der Waals surface area (Å²) in [6.45, 7) is 2.01. The van der Waals surface area contributed by atoms with Crippen LogP contribution in [0.4, 0.5) is 0 Å². The molecule has 0 spiro atoms. The Kier molecular flexibility index (Phi) is 6.35. The number of thioether (sulfide) groups is 1. The van der Waals surface area contributed by atoms with Crippen molar-refractivity contribution in [1.82, 2.24) is 9.55 Å². The van der Waals surface area contributed by atoms with Crippen LogP contribution in [0.5, 0.6) is 0 Å². The number of aliphatic hydroxyl groups excluding tert-OH is 1. The number of aromatic carboxylic acids is 1. The van der Waals surface area contributed by atoms with Crippen molar-refractivity contribution in [1.29, 1.82) is 0 Å². The second kappa shape index (κ2) is 8.06. The normalized spacial score (nSPS) is 11.0. The van der Waals surface area contributed by atoms with Gasteiger partial charge in [0.2, 0.25) is 0 Å². The molecule has 2 aromatic rings. The Morgan fingerprint density at radius 3 is 2.78 bits per heavy atom. The average molecular weight is 375 g/mol. The molecule has 0 saturated carbocycles. The molecule has 0 aliphatic heterocycles. The number of carboxylic acids is 1. The highest BCUT2D eigenvalue weighted by molar-refractivity contribution is 7.99. The number of halogens is 2. The van der Waals surface area contributed by atoms with Crippen LogP contribution in [0, 0.1) is 6.92 Å². The summed E-state index contributed by atoms with van der Waals surface area (Å²) in [5, 5.41) is 20.0. The van der Waals surface area contributed by atoms with Crippen LogP contribution in [0.2, 0.25) is 10.0 Å². The third kappa shape index (κ3) is 4.41. The van der Waals surface area contributed by atoms with Crippen LogP contribution >= 0.6 is 35.0 Å². The van der Waals surface area contributed by atoms with Gasteiger partial charge in [0.15, 0.2) is 10.9 Å². The van der Waals surface area contributed by atoms with E-state index in [-0.39, 0.29) is 18.8 Å². The van der Waals surface area contributed by atoms with Gasteiger partial charge in [-0.05, 0) is 37.1 Å². The molecule has 1 aromatic carbocycles. The van der Waals surface area contributed by atoms with E-state index in [0.29, 0.717) is 33.1 Å². The van der Waals surface area contributed by atoms with Crippen molar-refractivity contribution in [3.8, 4) is 0 Å². The molecule has 0 aliphatic rings. The number of benzene rings is 1. The topological polar surface area (TPSA) is 75.4 Å². The first-order valence-corrected chi connectivity index (χ1v) is 8.66. The maximum absolute atomic E-state index is 11.6. The van der Waals surface area contributed by atoms with Gasteiger partial charge in [0, 0.05) is 22.4 Å². The number of aromatic nitrogens is 2. The number of aryl methyl sites for hydroxylation is 1. The van der Waals surface area contributed by atoms with E-state index in [4.69, 9.17) is 28.3 Å². The molecule has 0 bridgehead atoms. The molecule has 0 saturated heterocycles. The lowest BCUT2D eigenvalue weighted by molar-refractivity contribution is 0.0684. The molecule has 8 heteroatoms. The Hall–Kier alpha value is -1.21. The Morgan fingerprint density at radius 2 is 2.13 bits per heavy atom. The first kappa shape index (κ1) is 18.1. The van der Waals surface area contributed by atoms with Crippen LogP contribution in [0.3, 0.4) is 0 Å². The van der Waals surface area contributed by atoms with Gasteiger partial charge in [-0.2, -0.15) is 0 Å². The molecule has 1 aromatic heterocycles. The molecule has 2 rings (SSSR count). The Balaban J connectivity index is 2.41. The minimum atomic E-state index is -1.04. The fourth-order valence-electron chi connectivity index (χ4n) is 2.14. The van der Waals surface area contributed by atoms with Gasteiger partial charge in [0.1, 0.15) is 0 Å². The molecule has 23 heavy (non-hydrogen) atoms. The monoisotopic (exact) mass is 374 g/mol. The van der Waals surface area contributed by atoms with E-state index in [1.54, 1.807) is 29.7 Å². The van der Waals surface area contributed by atoms with Gasteiger partial charge in [0.25, 0.3) is 0 Å².